The average Bonchev–Trinajstić information content (AvgIpc) is 2.81. The number of ether oxygens (including phenoxy) is 1. The van der Waals surface area contributed by atoms with Crippen molar-refractivity contribution < 1.29 is 19.4 Å². The summed E-state index contributed by atoms with van der Waals surface area (Å²) >= 11 is 0. The second-order valence-electron chi connectivity index (χ2n) is 4.64. The summed E-state index contributed by atoms with van der Waals surface area (Å²) in [5.41, 5.74) is 0.897. The molecule has 1 aliphatic rings. The number of aromatic nitrogens is 2. The Morgan fingerprint density at radius 2 is 2.40 bits per heavy atom. The van der Waals surface area contributed by atoms with Crippen LogP contribution in [0, 0.1) is 0 Å². The number of carbonyl (C=O) groups excluding carboxylic acids is 1. The Hall–Kier alpha value is -2.09. The lowest BCUT2D eigenvalue weighted by molar-refractivity contribution is -0.141. The molecule has 2 amide bonds. The largest absolute Gasteiger partial charge is 0.481 e. The van der Waals surface area contributed by atoms with E-state index in [4.69, 9.17) is 9.84 Å². The fraction of sp³-hybridized carbons (Fsp3) is 0.583. The van der Waals surface area contributed by atoms with Crippen molar-refractivity contribution >= 4 is 12.0 Å². The molecule has 0 saturated carbocycles. The molecule has 1 aliphatic heterocycles. The van der Waals surface area contributed by atoms with E-state index in [0.29, 0.717) is 26.2 Å². The van der Waals surface area contributed by atoms with Crippen molar-refractivity contribution in [3.63, 3.8) is 0 Å². The van der Waals surface area contributed by atoms with Gasteiger partial charge < -0.3 is 20.1 Å². The Balaban J connectivity index is 1.82. The van der Waals surface area contributed by atoms with Crippen molar-refractivity contribution in [2.75, 3.05) is 19.7 Å². The molecule has 1 unspecified atom stereocenters. The minimum Gasteiger partial charge on any atom is -0.481 e. The predicted octanol–water partition coefficient (Wildman–Crippen LogP) is -0.195. The smallest absolute Gasteiger partial charge is 0.317 e. The monoisotopic (exact) mass is 282 g/mol. The van der Waals surface area contributed by atoms with Crippen LogP contribution in [-0.4, -0.2) is 57.6 Å². The lowest BCUT2D eigenvalue weighted by Crippen LogP contribution is -2.50. The van der Waals surface area contributed by atoms with Gasteiger partial charge in [0.05, 0.1) is 31.4 Å². The summed E-state index contributed by atoms with van der Waals surface area (Å²) in [5.74, 6) is -0.924. The SMILES string of the molecule is Cn1nccc1CNC(=O)N1CCOC(CC(=O)O)C1. The minimum absolute atomic E-state index is 0.0918. The lowest BCUT2D eigenvalue weighted by Gasteiger charge is -2.32. The molecular formula is C12H18N4O4. The number of amides is 2. The van der Waals surface area contributed by atoms with E-state index in [1.54, 1.807) is 22.8 Å². The van der Waals surface area contributed by atoms with Crippen LogP contribution in [0.15, 0.2) is 12.3 Å². The number of hydrogen-bond donors (Lipinski definition) is 2. The fourth-order valence-electron chi connectivity index (χ4n) is 2.07. The zero-order chi connectivity index (χ0) is 14.5. The normalized spacial score (nSPS) is 18.9. The van der Waals surface area contributed by atoms with Crippen molar-refractivity contribution in [2.24, 2.45) is 7.05 Å². The molecule has 0 bridgehead atoms. The molecule has 2 heterocycles. The third kappa shape index (κ3) is 3.70. The maximum Gasteiger partial charge on any atom is 0.317 e. The number of morpholine rings is 1. The van der Waals surface area contributed by atoms with Crippen LogP contribution in [0.3, 0.4) is 0 Å². The highest BCUT2D eigenvalue weighted by Crippen LogP contribution is 2.09. The Kier molecular flexibility index (Phi) is 4.57. The van der Waals surface area contributed by atoms with Crippen LogP contribution >= 0.6 is 0 Å². The second kappa shape index (κ2) is 6.38. The number of carboxylic acid groups (broad SMARTS) is 1. The summed E-state index contributed by atoms with van der Waals surface area (Å²) < 4.78 is 7.01. The third-order valence-corrected chi connectivity index (χ3v) is 3.17. The number of urea groups is 1. The van der Waals surface area contributed by atoms with Crippen LogP contribution < -0.4 is 5.32 Å². The highest BCUT2D eigenvalue weighted by molar-refractivity contribution is 5.74. The van der Waals surface area contributed by atoms with Gasteiger partial charge in [-0.1, -0.05) is 0 Å². The first-order valence-corrected chi connectivity index (χ1v) is 6.39. The van der Waals surface area contributed by atoms with Gasteiger partial charge in [0.25, 0.3) is 0 Å². The van der Waals surface area contributed by atoms with Gasteiger partial charge in [0, 0.05) is 26.3 Å². The maximum absolute atomic E-state index is 12.0. The van der Waals surface area contributed by atoms with E-state index in [0.717, 1.165) is 5.69 Å². The molecule has 2 rings (SSSR count). The number of rotatable bonds is 4. The molecular weight excluding hydrogens is 264 g/mol. The predicted molar refractivity (Wildman–Crippen MR) is 69.0 cm³/mol. The molecule has 1 aromatic rings. The quantitative estimate of drug-likeness (QED) is 0.797. The van der Waals surface area contributed by atoms with Gasteiger partial charge in [0.15, 0.2) is 0 Å². The Morgan fingerprint density at radius 3 is 3.05 bits per heavy atom. The van der Waals surface area contributed by atoms with Gasteiger partial charge in [-0.05, 0) is 6.07 Å². The molecule has 0 aromatic carbocycles. The van der Waals surface area contributed by atoms with Crippen molar-refractivity contribution in [1.29, 1.82) is 0 Å². The van der Waals surface area contributed by atoms with Gasteiger partial charge in [-0.3, -0.25) is 9.48 Å². The number of aliphatic carboxylic acids is 1. The van der Waals surface area contributed by atoms with Crippen molar-refractivity contribution in [3.8, 4) is 0 Å². The summed E-state index contributed by atoms with van der Waals surface area (Å²) in [7, 11) is 1.80. The first kappa shape index (κ1) is 14.3. The molecule has 110 valence electrons. The minimum atomic E-state index is -0.924. The molecule has 1 saturated heterocycles. The molecule has 0 spiro atoms. The molecule has 2 N–H and O–H groups in total. The number of carboxylic acids is 1. The maximum atomic E-state index is 12.0. The highest BCUT2D eigenvalue weighted by atomic mass is 16.5. The second-order valence-corrected chi connectivity index (χ2v) is 4.64. The molecule has 1 atom stereocenters. The first-order valence-electron chi connectivity index (χ1n) is 6.39. The van der Waals surface area contributed by atoms with Crippen LogP contribution in [-0.2, 0) is 23.1 Å². The van der Waals surface area contributed by atoms with E-state index in [2.05, 4.69) is 10.4 Å². The zero-order valence-electron chi connectivity index (χ0n) is 11.3. The van der Waals surface area contributed by atoms with E-state index in [1.165, 1.54) is 0 Å². The zero-order valence-corrected chi connectivity index (χ0v) is 11.3. The summed E-state index contributed by atoms with van der Waals surface area (Å²) in [6.45, 7) is 1.50. The van der Waals surface area contributed by atoms with Crippen LogP contribution in [0.1, 0.15) is 12.1 Å². The highest BCUT2D eigenvalue weighted by Gasteiger charge is 2.25. The van der Waals surface area contributed by atoms with Crippen LogP contribution in [0.2, 0.25) is 0 Å². The van der Waals surface area contributed by atoms with E-state index in [9.17, 15) is 9.59 Å². The van der Waals surface area contributed by atoms with Gasteiger partial charge in [-0.25, -0.2) is 4.79 Å². The number of aryl methyl sites for hydroxylation is 1. The van der Waals surface area contributed by atoms with Crippen molar-refractivity contribution in [1.82, 2.24) is 20.0 Å². The summed E-state index contributed by atoms with van der Waals surface area (Å²) in [6.07, 6.45) is 1.13. The van der Waals surface area contributed by atoms with Crippen LogP contribution in [0.5, 0.6) is 0 Å². The van der Waals surface area contributed by atoms with E-state index >= 15 is 0 Å². The molecule has 1 fully saturated rings. The molecule has 8 nitrogen and oxygen atoms in total. The van der Waals surface area contributed by atoms with Crippen molar-refractivity contribution in [2.45, 2.75) is 19.1 Å². The Bertz CT molecular complexity index is 488. The van der Waals surface area contributed by atoms with Crippen LogP contribution in [0.4, 0.5) is 4.79 Å². The Labute approximate surface area is 116 Å². The van der Waals surface area contributed by atoms with Gasteiger partial charge in [-0.2, -0.15) is 5.10 Å². The summed E-state index contributed by atoms with van der Waals surface area (Å²) in [4.78, 5) is 24.2. The summed E-state index contributed by atoms with van der Waals surface area (Å²) in [5, 5.41) is 15.6. The topological polar surface area (TPSA) is 96.7 Å². The van der Waals surface area contributed by atoms with E-state index in [-0.39, 0.29) is 12.5 Å². The summed E-state index contributed by atoms with van der Waals surface area (Å²) in [6, 6.07) is 1.61. The van der Waals surface area contributed by atoms with Gasteiger partial charge >= 0.3 is 12.0 Å². The van der Waals surface area contributed by atoms with Gasteiger partial charge in [0.1, 0.15) is 0 Å². The number of nitrogens with one attached hydrogen (secondary N) is 1. The fourth-order valence-corrected chi connectivity index (χ4v) is 2.07. The number of nitrogens with zero attached hydrogens (tertiary/aromatic N) is 3. The standard InChI is InChI=1S/C12H18N4O4/c1-15-9(2-3-14-15)7-13-12(19)16-4-5-20-10(8-16)6-11(17)18/h2-3,10H,4-8H2,1H3,(H,13,19)(H,17,18). The molecule has 20 heavy (non-hydrogen) atoms. The van der Waals surface area contributed by atoms with Crippen LogP contribution in [0.25, 0.3) is 0 Å². The third-order valence-electron chi connectivity index (χ3n) is 3.17. The van der Waals surface area contributed by atoms with Crippen molar-refractivity contribution in [3.05, 3.63) is 18.0 Å². The number of carbonyl (C=O) groups is 2. The average molecular weight is 282 g/mol. The molecule has 8 heteroatoms. The van der Waals surface area contributed by atoms with E-state index in [1.807, 2.05) is 6.07 Å². The van der Waals surface area contributed by atoms with Gasteiger partial charge in [-0.15, -0.1) is 0 Å². The Morgan fingerprint density at radius 1 is 1.60 bits per heavy atom. The number of hydrogen-bond acceptors (Lipinski definition) is 4. The molecule has 0 radical (unpaired) electrons. The molecule has 0 aliphatic carbocycles. The van der Waals surface area contributed by atoms with Gasteiger partial charge in [0.2, 0.25) is 0 Å². The molecule has 1 aromatic heterocycles. The van der Waals surface area contributed by atoms with E-state index < -0.39 is 12.1 Å². The first-order chi connectivity index (χ1) is 9.56. The lowest BCUT2D eigenvalue weighted by atomic mass is 10.2.